The lowest BCUT2D eigenvalue weighted by molar-refractivity contribution is 0.0529. The van der Waals surface area contributed by atoms with Crippen LogP contribution >= 0.6 is 0 Å². The van der Waals surface area contributed by atoms with Crippen molar-refractivity contribution in [2.24, 2.45) is 0 Å². The Hall–Kier alpha value is -2.55. The number of carbonyl (C=O) groups is 1. The molecule has 0 saturated carbocycles. The highest BCUT2D eigenvalue weighted by molar-refractivity contribution is 6.10. The first kappa shape index (κ1) is 13.4. The third-order valence-electron chi connectivity index (χ3n) is 3.50. The van der Waals surface area contributed by atoms with Crippen molar-refractivity contribution in [2.75, 3.05) is 6.61 Å². The molecule has 0 aliphatic rings. The molecule has 1 aromatic heterocycles. The number of carbonyl (C=O) groups excluding carboxylic acids is 1. The number of aryl methyl sites for hydroxylation is 1. The highest BCUT2D eigenvalue weighted by Crippen LogP contribution is 2.31. The van der Waals surface area contributed by atoms with Crippen LogP contribution < -0.4 is 0 Å². The van der Waals surface area contributed by atoms with E-state index in [0.29, 0.717) is 12.2 Å². The Bertz CT molecular complexity index is 788. The zero-order valence-electron chi connectivity index (χ0n) is 12.1. The summed E-state index contributed by atoms with van der Waals surface area (Å²) in [6, 6.07) is 15.9. The minimum Gasteiger partial charge on any atom is -0.462 e. The van der Waals surface area contributed by atoms with Crippen LogP contribution in [-0.2, 0) is 4.74 Å². The molecule has 1 N–H and O–H groups in total. The van der Waals surface area contributed by atoms with Gasteiger partial charge < -0.3 is 9.72 Å². The van der Waals surface area contributed by atoms with E-state index in [4.69, 9.17) is 4.74 Å². The second-order valence-corrected chi connectivity index (χ2v) is 5.01. The molecular formula is C18H17NO2. The highest BCUT2D eigenvalue weighted by atomic mass is 16.5. The molecule has 0 saturated heterocycles. The molecule has 3 rings (SSSR count). The first-order chi connectivity index (χ1) is 10.2. The molecule has 0 radical (unpaired) electrons. The Kier molecular flexibility index (Phi) is 3.48. The zero-order chi connectivity index (χ0) is 14.8. The second-order valence-electron chi connectivity index (χ2n) is 5.01. The average Bonchev–Trinajstić information content (AvgIpc) is 2.87. The summed E-state index contributed by atoms with van der Waals surface area (Å²) in [5, 5.41) is 0.901. The molecule has 1 heterocycles. The smallest absolute Gasteiger partial charge is 0.340 e. The number of H-pyrrole nitrogens is 1. The Morgan fingerprint density at radius 2 is 1.90 bits per heavy atom. The molecule has 0 atom stereocenters. The van der Waals surface area contributed by atoms with Gasteiger partial charge in [-0.05, 0) is 31.0 Å². The quantitative estimate of drug-likeness (QED) is 0.725. The van der Waals surface area contributed by atoms with Crippen molar-refractivity contribution in [3.63, 3.8) is 0 Å². The van der Waals surface area contributed by atoms with Crippen LogP contribution in [0.1, 0.15) is 22.8 Å². The number of aromatic amines is 1. The van der Waals surface area contributed by atoms with Gasteiger partial charge in [-0.1, -0.05) is 42.5 Å². The van der Waals surface area contributed by atoms with Crippen LogP contribution in [0.25, 0.3) is 22.2 Å². The number of nitrogens with one attached hydrogen (secondary N) is 1. The molecule has 0 bridgehead atoms. The summed E-state index contributed by atoms with van der Waals surface area (Å²) in [7, 11) is 0. The third kappa shape index (κ3) is 2.42. The van der Waals surface area contributed by atoms with Gasteiger partial charge in [0.25, 0.3) is 0 Å². The summed E-state index contributed by atoms with van der Waals surface area (Å²) in [4.78, 5) is 15.7. The predicted molar refractivity (Wildman–Crippen MR) is 84.4 cm³/mol. The van der Waals surface area contributed by atoms with E-state index in [2.05, 4.69) is 4.98 Å². The number of benzene rings is 2. The fraction of sp³-hybridized carbons (Fsp3) is 0.167. The van der Waals surface area contributed by atoms with Crippen molar-refractivity contribution in [2.45, 2.75) is 13.8 Å². The van der Waals surface area contributed by atoms with Gasteiger partial charge in [-0.25, -0.2) is 4.79 Å². The van der Waals surface area contributed by atoms with E-state index < -0.39 is 0 Å². The van der Waals surface area contributed by atoms with Gasteiger partial charge in [0.1, 0.15) is 0 Å². The average molecular weight is 279 g/mol. The molecule has 3 heteroatoms. The van der Waals surface area contributed by atoms with Gasteiger partial charge in [0.15, 0.2) is 0 Å². The molecule has 0 aliphatic heterocycles. The van der Waals surface area contributed by atoms with Gasteiger partial charge in [0.2, 0.25) is 0 Å². The van der Waals surface area contributed by atoms with E-state index in [1.807, 2.05) is 62.4 Å². The molecule has 0 spiro atoms. The van der Waals surface area contributed by atoms with E-state index in [1.54, 1.807) is 0 Å². The predicted octanol–water partition coefficient (Wildman–Crippen LogP) is 4.32. The molecule has 0 amide bonds. The van der Waals surface area contributed by atoms with Crippen LogP contribution in [0.2, 0.25) is 0 Å². The SMILES string of the molecule is CCOC(=O)c1c(-c2ccccc2)[nH]c2cc(C)ccc12. The summed E-state index contributed by atoms with van der Waals surface area (Å²) in [6.45, 7) is 4.22. The van der Waals surface area contributed by atoms with Crippen molar-refractivity contribution in [3.05, 3.63) is 59.7 Å². The molecule has 3 aromatic rings. The Labute approximate surface area is 123 Å². The summed E-state index contributed by atoms with van der Waals surface area (Å²) in [6.07, 6.45) is 0. The number of aromatic nitrogens is 1. The van der Waals surface area contributed by atoms with Crippen molar-refractivity contribution in [1.29, 1.82) is 0 Å². The van der Waals surface area contributed by atoms with E-state index >= 15 is 0 Å². The van der Waals surface area contributed by atoms with E-state index in [0.717, 1.165) is 27.7 Å². The Balaban J connectivity index is 2.27. The van der Waals surface area contributed by atoms with Gasteiger partial charge >= 0.3 is 5.97 Å². The number of hydrogen-bond donors (Lipinski definition) is 1. The topological polar surface area (TPSA) is 42.1 Å². The normalized spacial score (nSPS) is 10.8. The van der Waals surface area contributed by atoms with Crippen LogP contribution in [0.3, 0.4) is 0 Å². The van der Waals surface area contributed by atoms with Crippen LogP contribution in [0.5, 0.6) is 0 Å². The van der Waals surface area contributed by atoms with Gasteiger partial charge in [0, 0.05) is 10.9 Å². The summed E-state index contributed by atoms with van der Waals surface area (Å²) in [5.74, 6) is -0.286. The maximum atomic E-state index is 12.4. The molecule has 0 fully saturated rings. The number of esters is 1. The highest BCUT2D eigenvalue weighted by Gasteiger charge is 2.20. The van der Waals surface area contributed by atoms with Crippen molar-refractivity contribution in [3.8, 4) is 11.3 Å². The molecule has 106 valence electrons. The minimum atomic E-state index is -0.286. The maximum Gasteiger partial charge on any atom is 0.340 e. The summed E-state index contributed by atoms with van der Waals surface area (Å²) >= 11 is 0. The number of fused-ring (bicyclic) bond motifs is 1. The maximum absolute atomic E-state index is 12.4. The second kappa shape index (κ2) is 5.44. The van der Waals surface area contributed by atoms with Crippen molar-refractivity contribution in [1.82, 2.24) is 4.98 Å². The summed E-state index contributed by atoms with van der Waals surface area (Å²) < 4.78 is 5.23. The van der Waals surface area contributed by atoms with Crippen molar-refractivity contribution < 1.29 is 9.53 Å². The largest absolute Gasteiger partial charge is 0.462 e. The van der Waals surface area contributed by atoms with Gasteiger partial charge in [0.05, 0.1) is 17.9 Å². The molecule has 0 unspecified atom stereocenters. The van der Waals surface area contributed by atoms with E-state index in [9.17, 15) is 4.79 Å². The lowest BCUT2D eigenvalue weighted by Crippen LogP contribution is -2.05. The fourth-order valence-electron chi connectivity index (χ4n) is 2.55. The molecule has 3 nitrogen and oxygen atoms in total. The Morgan fingerprint density at radius 1 is 1.14 bits per heavy atom. The number of rotatable bonds is 3. The molecular weight excluding hydrogens is 262 g/mol. The van der Waals surface area contributed by atoms with E-state index in [-0.39, 0.29) is 5.97 Å². The minimum absolute atomic E-state index is 0.286. The van der Waals surface area contributed by atoms with E-state index in [1.165, 1.54) is 0 Å². The third-order valence-corrected chi connectivity index (χ3v) is 3.50. The number of hydrogen-bond acceptors (Lipinski definition) is 2. The van der Waals surface area contributed by atoms with Crippen LogP contribution in [0.15, 0.2) is 48.5 Å². The summed E-state index contributed by atoms with van der Waals surface area (Å²) in [5.41, 5.74) is 4.51. The first-order valence-electron chi connectivity index (χ1n) is 7.05. The first-order valence-corrected chi connectivity index (χ1v) is 7.05. The number of ether oxygens (including phenoxy) is 1. The van der Waals surface area contributed by atoms with Crippen LogP contribution in [0.4, 0.5) is 0 Å². The van der Waals surface area contributed by atoms with Crippen molar-refractivity contribution >= 4 is 16.9 Å². The molecule has 0 aliphatic carbocycles. The zero-order valence-corrected chi connectivity index (χ0v) is 12.1. The van der Waals surface area contributed by atoms with Gasteiger partial charge in [-0.15, -0.1) is 0 Å². The van der Waals surface area contributed by atoms with Crippen LogP contribution in [0, 0.1) is 6.92 Å². The monoisotopic (exact) mass is 279 g/mol. The lowest BCUT2D eigenvalue weighted by Gasteiger charge is -2.04. The van der Waals surface area contributed by atoms with Gasteiger partial charge in [-0.2, -0.15) is 0 Å². The lowest BCUT2D eigenvalue weighted by atomic mass is 10.0. The van der Waals surface area contributed by atoms with Crippen LogP contribution in [-0.4, -0.2) is 17.6 Å². The fourth-order valence-corrected chi connectivity index (χ4v) is 2.55. The molecule has 21 heavy (non-hydrogen) atoms. The standard InChI is InChI=1S/C18H17NO2/c1-3-21-18(20)16-14-10-9-12(2)11-15(14)19-17(16)13-7-5-4-6-8-13/h4-11,19H,3H2,1-2H3. The van der Waals surface area contributed by atoms with Gasteiger partial charge in [-0.3, -0.25) is 0 Å². The molecule has 2 aromatic carbocycles. The Morgan fingerprint density at radius 3 is 2.62 bits per heavy atom.